The van der Waals surface area contributed by atoms with Crippen LogP contribution in [0.1, 0.15) is 56.4 Å². The van der Waals surface area contributed by atoms with Gasteiger partial charge in [-0.25, -0.2) is 0 Å². The Morgan fingerprint density at radius 3 is 2.35 bits per heavy atom. The number of nitriles is 1. The third kappa shape index (κ3) is 2.56. The monoisotopic (exact) mass is 268 g/mol. The van der Waals surface area contributed by atoms with Crippen molar-refractivity contribution in [3.05, 3.63) is 29.8 Å². The highest BCUT2D eigenvalue weighted by molar-refractivity contribution is 5.99. The summed E-state index contributed by atoms with van der Waals surface area (Å²) >= 11 is 0. The molecule has 0 heterocycles. The van der Waals surface area contributed by atoms with Crippen molar-refractivity contribution in [3.63, 3.8) is 0 Å². The highest BCUT2D eigenvalue weighted by atomic mass is 16.2. The van der Waals surface area contributed by atoms with Crippen LogP contribution in [0, 0.1) is 16.7 Å². The molecule has 2 aliphatic rings. The van der Waals surface area contributed by atoms with Crippen molar-refractivity contribution >= 4 is 11.6 Å². The molecule has 0 unspecified atom stereocenters. The highest BCUT2D eigenvalue weighted by Gasteiger charge is 2.50. The molecule has 1 aromatic carbocycles. The zero-order valence-corrected chi connectivity index (χ0v) is 11.7. The summed E-state index contributed by atoms with van der Waals surface area (Å²) in [5, 5.41) is 11.9. The number of benzene rings is 1. The first-order valence-electron chi connectivity index (χ1n) is 7.56. The summed E-state index contributed by atoms with van der Waals surface area (Å²) in [5.41, 5.74) is 1.43. The van der Waals surface area contributed by atoms with Crippen LogP contribution < -0.4 is 5.32 Å². The van der Waals surface area contributed by atoms with E-state index in [9.17, 15) is 4.79 Å². The molecule has 2 fully saturated rings. The van der Waals surface area contributed by atoms with Crippen LogP contribution in [-0.2, 0) is 4.79 Å². The molecule has 1 aromatic rings. The molecule has 0 bridgehead atoms. The van der Waals surface area contributed by atoms with Gasteiger partial charge in [0, 0.05) is 5.69 Å². The Morgan fingerprint density at radius 2 is 1.80 bits per heavy atom. The van der Waals surface area contributed by atoms with Gasteiger partial charge in [-0.05, 0) is 49.3 Å². The number of hydrogen-bond acceptors (Lipinski definition) is 2. The minimum Gasteiger partial charge on any atom is -0.325 e. The highest BCUT2D eigenvalue weighted by Crippen LogP contribution is 2.45. The third-order valence-electron chi connectivity index (χ3n) is 4.64. The van der Waals surface area contributed by atoms with Gasteiger partial charge in [0.25, 0.3) is 0 Å². The van der Waals surface area contributed by atoms with Crippen LogP contribution in [0.25, 0.3) is 0 Å². The zero-order chi connectivity index (χ0) is 14.0. The number of carbonyl (C=O) groups excluding carboxylic acids is 1. The van der Waals surface area contributed by atoms with Crippen molar-refractivity contribution in [3.8, 4) is 6.07 Å². The van der Waals surface area contributed by atoms with Crippen LogP contribution in [-0.4, -0.2) is 5.91 Å². The second kappa shape index (κ2) is 5.28. The molecule has 1 amide bonds. The lowest BCUT2D eigenvalue weighted by Gasteiger charge is -2.22. The van der Waals surface area contributed by atoms with E-state index in [-0.39, 0.29) is 5.91 Å². The molecule has 3 heteroatoms. The number of nitrogens with one attached hydrogen (secondary N) is 1. The fourth-order valence-corrected chi connectivity index (χ4v) is 3.04. The second-order valence-electron chi connectivity index (χ2n) is 6.10. The molecular weight excluding hydrogens is 248 g/mol. The summed E-state index contributed by atoms with van der Waals surface area (Å²) < 4.78 is 0. The third-order valence-corrected chi connectivity index (χ3v) is 4.64. The first kappa shape index (κ1) is 13.2. The summed E-state index contributed by atoms with van der Waals surface area (Å²) in [6.45, 7) is 0. The molecule has 3 rings (SSSR count). The van der Waals surface area contributed by atoms with Crippen LogP contribution in [0.15, 0.2) is 24.3 Å². The average Bonchev–Trinajstić information content (AvgIpc) is 3.30. The molecule has 0 spiro atoms. The van der Waals surface area contributed by atoms with Crippen molar-refractivity contribution in [1.82, 2.24) is 0 Å². The molecule has 3 nitrogen and oxygen atoms in total. The van der Waals surface area contributed by atoms with Crippen LogP contribution in [0.4, 0.5) is 5.69 Å². The van der Waals surface area contributed by atoms with E-state index in [1.165, 1.54) is 37.7 Å². The van der Waals surface area contributed by atoms with Gasteiger partial charge in [0.1, 0.15) is 5.41 Å². The first-order valence-corrected chi connectivity index (χ1v) is 7.56. The summed E-state index contributed by atoms with van der Waals surface area (Å²) in [4.78, 5) is 12.0. The van der Waals surface area contributed by atoms with Gasteiger partial charge in [0.05, 0.1) is 6.07 Å². The standard InChI is InChI=1S/C17H20N2O/c18-12-17(10-11-17)16(20)19-15-8-6-14(7-9-15)13-4-2-1-3-5-13/h6-9,13H,1-5,10-11H2,(H,19,20). The molecule has 104 valence electrons. The largest absolute Gasteiger partial charge is 0.325 e. The summed E-state index contributed by atoms with van der Waals surface area (Å²) in [7, 11) is 0. The van der Waals surface area contributed by atoms with Crippen molar-refractivity contribution in [1.29, 1.82) is 5.26 Å². The fourth-order valence-electron chi connectivity index (χ4n) is 3.04. The van der Waals surface area contributed by atoms with Gasteiger partial charge in [-0.3, -0.25) is 4.79 Å². The van der Waals surface area contributed by atoms with Crippen molar-refractivity contribution < 1.29 is 4.79 Å². The van der Waals surface area contributed by atoms with Crippen LogP contribution in [0.5, 0.6) is 0 Å². The molecule has 2 aliphatic carbocycles. The number of anilines is 1. The van der Waals surface area contributed by atoms with E-state index in [1.54, 1.807) is 0 Å². The molecule has 1 N–H and O–H groups in total. The van der Waals surface area contributed by atoms with Gasteiger partial charge < -0.3 is 5.32 Å². The summed E-state index contributed by atoms with van der Waals surface area (Å²) in [6, 6.07) is 10.3. The Kier molecular flexibility index (Phi) is 3.48. The maximum absolute atomic E-state index is 12.0. The van der Waals surface area contributed by atoms with E-state index in [4.69, 9.17) is 5.26 Å². The quantitative estimate of drug-likeness (QED) is 0.901. The normalized spacial score (nSPS) is 20.9. The maximum atomic E-state index is 12.0. The van der Waals surface area contributed by atoms with Crippen molar-refractivity contribution in [2.45, 2.75) is 50.9 Å². The number of rotatable bonds is 3. The Morgan fingerprint density at radius 1 is 1.15 bits per heavy atom. The van der Waals surface area contributed by atoms with E-state index in [1.807, 2.05) is 12.1 Å². The molecule has 0 atom stereocenters. The van der Waals surface area contributed by atoms with Gasteiger partial charge in [0.2, 0.25) is 5.91 Å². The topological polar surface area (TPSA) is 52.9 Å². The summed E-state index contributed by atoms with van der Waals surface area (Å²) in [6.07, 6.45) is 7.96. The maximum Gasteiger partial charge on any atom is 0.244 e. The average molecular weight is 268 g/mol. The SMILES string of the molecule is N#CC1(C(=O)Nc2ccc(C3CCCCC3)cc2)CC1. The molecule has 0 radical (unpaired) electrons. The van der Waals surface area contributed by atoms with E-state index in [2.05, 4.69) is 23.5 Å². The van der Waals surface area contributed by atoms with E-state index < -0.39 is 5.41 Å². The molecule has 0 saturated heterocycles. The van der Waals surface area contributed by atoms with Crippen LogP contribution >= 0.6 is 0 Å². The van der Waals surface area contributed by atoms with Gasteiger partial charge in [-0.15, -0.1) is 0 Å². The van der Waals surface area contributed by atoms with E-state index in [0.717, 1.165) is 5.69 Å². The van der Waals surface area contributed by atoms with Crippen LogP contribution in [0.2, 0.25) is 0 Å². The van der Waals surface area contributed by atoms with E-state index >= 15 is 0 Å². The zero-order valence-electron chi connectivity index (χ0n) is 11.7. The predicted octanol–water partition coefficient (Wildman–Crippen LogP) is 3.98. The lowest BCUT2D eigenvalue weighted by molar-refractivity contribution is -0.119. The second-order valence-corrected chi connectivity index (χ2v) is 6.10. The number of carbonyl (C=O) groups is 1. The predicted molar refractivity (Wildman–Crippen MR) is 78.2 cm³/mol. The van der Waals surface area contributed by atoms with Gasteiger partial charge in [-0.2, -0.15) is 5.26 Å². The Labute approximate surface area is 120 Å². The first-order chi connectivity index (χ1) is 9.73. The number of hydrogen-bond donors (Lipinski definition) is 1. The Hall–Kier alpha value is -1.82. The Balaban J connectivity index is 1.64. The minimum atomic E-state index is -0.748. The molecular formula is C17H20N2O. The van der Waals surface area contributed by atoms with Crippen LogP contribution in [0.3, 0.4) is 0 Å². The molecule has 0 aromatic heterocycles. The van der Waals surface area contributed by atoms with Gasteiger partial charge in [-0.1, -0.05) is 31.4 Å². The lowest BCUT2D eigenvalue weighted by Crippen LogP contribution is -2.22. The number of amides is 1. The smallest absolute Gasteiger partial charge is 0.244 e. The summed E-state index contributed by atoms with van der Waals surface area (Å²) in [5.74, 6) is 0.535. The van der Waals surface area contributed by atoms with Crippen molar-refractivity contribution in [2.75, 3.05) is 5.32 Å². The van der Waals surface area contributed by atoms with E-state index in [0.29, 0.717) is 18.8 Å². The molecule has 20 heavy (non-hydrogen) atoms. The minimum absolute atomic E-state index is 0.148. The van der Waals surface area contributed by atoms with Gasteiger partial charge >= 0.3 is 0 Å². The Bertz CT molecular complexity index is 531. The number of nitrogens with zero attached hydrogens (tertiary/aromatic N) is 1. The van der Waals surface area contributed by atoms with Crippen molar-refractivity contribution in [2.24, 2.45) is 5.41 Å². The fraction of sp³-hybridized carbons (Fsp3) is 0.529. The van der Waals surface area contributed by atoms with Gasteiger partial charge in [0.15, 0.2) is 0 Å². The molecule has 2 saturated carbocycles. The lowest BCUT2D eigenvalue weighted by atomic mass is 9.84. The molecule has 0 aliphatic heterocycles.